The Morgan fingerprint density at radius 1 is 1.24 bits per heavy atom. The van der Waals surface area contributed by atoms with E-state index in [9.17, 15) is 0 Å². The van der Waals surface area contributed by atoms with E-state index in [2.05, 4.69) is 25.7 Å². The summed E-state index contributed by atoms with van der Waals surface area (Å²) >= 11 is 0. The van der Waals surface area contributed by atoms with E-state index >= 15 is 0 Å². The van der Waals surface area contributed by atoms with E-state index in [1.165, 1.54) is 58.2 Å². The highest BCUT2D eigenvalue weighted by Gasteiger charge is 2.27. The first kappa shape index (κ1) is 15.0. The second-order valence-corrected chi connectivity index (χ2v) is 6.33. The quantitative estimate of drug-likeness (QED) is 0.740. The molecule has 0 aromatic heterocycles. The number of hydrogen-bond acceptors (Lipinski definition) is 2. The molecule has 0 spiro atoms. The number of nitrogens with two attached hydrogens (primary N) is 1. The minimum atomic E-state index is 0.628. The topological polar surface area (TPSA) is 29.3 Å². The summed E-state index contributed by atoms with van der Waals surface area (Å²) in [4.78, 5) is 2.66. The van der Waals surface area contributed by atoms with Gasteiger partial charge in [0.15, 0.2) is 0 Å². The number of nitrogens with zero attached hydrogens (tertiary/aromatic N) is 1. The van der Waals surface area contributed by atoms with E-state index in [1.807, 2.05) is 0 Å². The summed E-state index contributed by atoms with van der Waals surface area (Å²) < 4.78 is 0. The third-order valence-corrected chi connectivity index (χ3v) is 4.75. The molecule has 0 bridgehead atoms. The van der Waals surface area contributed by atoms with Crippen LogP contribution >= 0.6 is 0 Å². The van der Waals surface area contributed by atoms with Crippen molar-refractivity contribution < 1.29 is 0 Å². The first-order chi connectivity index (χ1) is 8.09. The highest BCUT2D eigenvalue weighted by atomic mass is 15.1. The van der Waals surface area contributed by atoms with Crippen molar-refractivity contribution in [2.45, 2.75) is 59.3 Å². The van der Waals surface area contributed by atoms with E-state index in [4.69, 9.17) is 5.73 Å². The Labute approximate surface area is 108 Å². The Balaban J connectivity index is 2.10. The van der Waals surface area contributed by atoms with Crippen LogP contribution in [-0.2, 0) is 0 Å². The van der Waals surface area contributed by atoms with Gasteiger partial charge in [-0.15, -0.1) is 0 Å². The second kappa shape index (κ2) is 7.38. The second-order valence-electron chi connectivity index (χ2n) is 6.33. The highest BCUT2D eigenvalue weighted by molar-refractivity contribution is 4.81. The maximum atomic E-state index is 5.58. The Bertz CT molecular complexity index is 195. The number of hydrogen-bond donors (Lipinski definition) is 1. The van der Waals surface area contributed by atoms with Gasteiger partial charge in [-0.3, -0.25) is 0 Å². The number of piperidine rings is 1. The molecule has 1 unspecified atom stereocenters. The van der Waals surface area contributed by atoms with Crippen LogP contribution in [-0.4, -0.2) is 31.1 Å². The van der Waals surface area contributed by atoms with Crippen molar-refractivity contribution in [1.29, 1.82) is 0 Å². The predicted octanol–water partition coefficient (Wildman–Crippen LogP) is 3.26. The molecule has 0 radical (unpaired) electrons. The van der Waals surface area contributed by atoms with Crippen molar-refractivity contribution in [3.8, 4) is 0 Å². The zero-order chi connectivity index (χ0) is 12.7. The smallest absolute Gasteiger partial charge is 0.00135 e. The van der Waals surface area contributed by atoms with E-state index in [1.54, 1.807) is 0 Å². The van der Waals surface area contributed by atoms with Crippen molar-refractivity contribution in [2.24, 2.45) is 17.1 Å². The van der Waals surface area contributed by atoms with Gasteiger partial charge in [-0.25, -0.2) is 0 Å². The lowest BCUT2D eigenvalue weighted by atomic mass is 9.78. The summed E-state index contributed by atoms with van der Waals surface area (Å²) in [6.07, 6.45) is 8.01. The molecule has 2 N–H and O–H groups in total. The predicted molar refractivity (Wildman–Crippen MR) is 76.1 cm³/mol. The van der Waals surface area contributed by atoms with E-state index in [0.717, 1.165) is 12.5 Å². The lowest BCUT2D eigenvalue weighted by Crippen LogP contribution is -2.38. The molecular weight excluding hydrogens is 208 g/mol. The van der Waals surface area contributed by atoms with Gasteiger partial charge in [-0.1, -0.05) is 27.2 Å². The molecule has 17 heavy (non-hydrogen) atoms. The standard InChI is InChI=1S/C15H32N2/c1-4-15(3)8-12-17(13-9-15)11-5-6-14(2)7-10-16/h14H,4-13,16H2,1-3H3. The summed E-state index contributed by atoms with van der Waals surface area (Å²) in [5.41, 5.74) is 6.21. The first-order valence-electron chi connectivity index (χ1n) is 7.52. The molecule has 2 nitrogen and oxygen atoms in total. The minimum Gasteiger partial charge on any atom is -0.330 e. The van der Waals surface area contributed by atoms with Crippen LogP contribution in [0.3, 0.4) is 0 Å². The SMILES string of the molecule is CCC1(C)CCN(CCCC(C)CCN)CC1. The van der Waals surface area contributed by atoms with Gasteiger partial charge in [0.25, 0.3) is 0 Å². The Morgan fingerprint density at radius 3 is 2.41 bits per heavy atom. The zero-order valence-corrected chi connectivity index (χ0v) is 12.2. The molecule has 1 rings (SSSR count). The fourth-order valence-corrected chi connectivity index (χ4v) is 2.76. The van der Waals surface area contributed by atoms with Crippen LogP contribution < -0.4 is 5.73 Å². The van der Waals surface area contributed by atoms with Crippen LogP contribution in [0.1, 0.15) is 59.3 Å². The zero-order valence-electron chi connectivity index (χ0n) is 12.2. The molecule has 2 heteroatoms. The van der Waals surface area contributed by atoms with Crippen molar-refractivity contribution in [2.75, 3.05) is 26.2 Å². The molecule has 0 amide bonds. The van der Waals surface area contributed by atoms with Crippen LogP contribution in [0.5, 0.6) is 0 Å². The Morgan fingerprint density at radius 2 is 1.88 bits per heavy atom. The van der Waals surface area contributed by atoms with Crippen molar-refractivity contribution >= 4 is 0 Å². The summed E-state index contributed by atoms with van der Waals surface area (Å²) in [7, 11) is 0. The average Bonchev–Trinajstić information content (AvgIpc) is 2.32. The molecular formula is C15H32N2. The molecule has 1 heterocycles. The summed E-state index contributed by atoms with van der Waals surface area (Å²) in [5, 5.41) is 0. The summed E-state index contributed by atoms with van der Waals surface area (Å²) in [6.45, 7) is 11.9. The molecule has 0 saturated carbocycles. The average molecular weight is 240 g/mol. The Kier molecular flexibility index (Phi) is 6.50. The summed E-state index contributed by atoms with van der Waals surface area (Å²) in [5.74, 6) is 0.811. The van der Waals surface area contributed by atoms with Crippen molar-refractivity contribution in [3.05, 3.63) is 0 Å². The van der Waals surface area contributed by atoms with Gasteiger partial charge < -0.3 is 10.6 Å². The van der Waals surface area contributed by atoms with Gasteiger partial charge in [0.2, 0.25) is 0 Å². The fourth-order valence-electron chi connectivity index (χ4n) is 2.76. The third-order valence-electron chi connectivity index (χ3n) is 4.75. The van der Waals surface area contributed by atoms with Gasteiger partial charge in [-0.2, -0.15) is 0 Å². The molecule has 1 aliphatic heterocycles. The maximum Gasteiger partial charge on any atom is -0.00135 e. The number of rotatable bonds is 7. The normalized spacial score (nSPS) is 22.6. The lowest BCUT2D eigenvalue weighted by molar-refractivity contribution is 0.112. The van der Waals surface area contributed by atoms with Crippen LogP contribution in [0.25, 0.3) is 0 Å². The van der Waals surface area contributed by atoms with Crippen LogP contribution in [0.4, 0.5) is 0 Å². The van der Waals surface area contributed by atoms with Gasteiger partial charge >= 0.3 is 0 Å². The fraction of sp³-hybridized carbons (Fsp3) is 1.00. The monoisotopic (exact) mass is 240 g/mol. The molecule has 1 fully saturated rings. The number of likely N-dealkylation sites (tertiary alicyclic amines) is 1. The van der Waals surface area contributed by atoms with Crippen molar-refractivity contribution in [3.63, 3.8) is 0 Å². The molecule has 0 aliphatic carbocycles. The Hall–Kier alpha value is -0.0800. The molecule has 1 atom stereocenters. The van der Waals surface area contributed by atoms with Crippen LogP contribution in [0.15, 0.2) is 0 Å². The van der Waals surface area contributed by atoms with Gasteiger partial charge in [-0.05, 0) is 69.6 Å². The molecule has 0 aromatic rings. The van der Waals surface area contributed by atoms with E-state index < -0.39 is 0 Å². The largest absolute Gasteiger partial charge is 0.330 e. The molecule has 1 saturated heterocycles. The van der Waals surface area contributed by atoms with Gasteiger partial charge in [0.05, 0.1) is 0 Å². The summed E-state index contributed by atoms with van der Waals surface area (Å²) in [6, 6.07) is 0. The molecule has 1 aliphatic rings. The third kappa shape index (κ3) is 5.39. The van der Waals surface area contributed by atoms with Crippen LogP contribution in [0.2, 0.25) is 0 Å². The first-order valence-corrected chi connectivity index (χ1v) is 7.52. The van der Waals surface area contributed by atoms with Gasteiger partial charge in [0, 0.05) is 0 Å². The van der Waals surface area contributed by atoms with Crippen molar-refractivity contribution in [1.82, 2.24) is 4.90 Å². The lowest BCUT2D eigenvalue weighted by Gasteiger charge is -2.39. The molecule has 0 aromatic carbocycles. The highest BCUT2D eigenvalue weighted by Crippen LogP contribution is 2.33. The minimum absolute atomic E-state index is 0.628. The van der Waals surface area contributed by atoms with Crippen LogP contribution in [0, 0.1) is 11.3 Å². The maximum absolute atomic E-state index is 5.58. The van der Waals surface area contributed by atoms with E-state index in [-0.39, 0.29) is 0 Å². The van der Waals surface area contributed by atoms with Gasteiger partial charge in [0.1, 0.15) is 0 Å². The van der Waals surface area contributed by atoms with E-state index in [0.29, 0.717) is 5.41 Å². The molecule has 102 valence electrons.